The van der Waals surface area contributed by atoms with E-state index < -0.39 is 0 Å². The van der Waals surface area contributed by atoms with Gasteiger partial charge in [-0.1, -0.05) is 6.07 Å². The zero-order chi connectivity index (χ0) is 14.7. The molecule has 0 saturated carbocycles. The van der Waals surface area contributed by atoms with E-state index in [1.807, 2.05) is 37.0 Å². The van der Waals surface area contributed by atoms with E-state index in [-0.39, 0.29) is 11.9 Å². The number of nitrogens with zero attached hydrogens (tertiary/aromatic N) is 2. The molecule has 1 N–H and O–H groups in total. The van der Waals surface area contributed by atoms with E-state index in [1.54, 1.807) is 6.07 Å². The van der Waals surface area contributed by atoms with Crippen molar-refractivity contribution in [1.82, 2.24) is 15.1 Å². The summed E-state index contributed by atoms with van der Waals surface area (Å²) in [6.45, 7) is 6.21. The quantitative estimate of drug-likeness (QED) is 0.906. The van der Waals surface area contributed by atoms with Crippen molar-refractivity contribution >= 4 is 0 Å². The minimum absolute atomic E-state index is 0.0706. The van der Waals surface area contributed by atoms with Crippen molar-refractivity contribution in [3.05, 3.63) is 53.1 Å². The van der Waals surface area contributed by atoms with Crippen LogP contribution >= 0.6 is 0 Å². The maximum atomic E-state index is 13.4. The molecule has 0 aliphatic heterocycles. The number of hydrogen-bond acceptors (Lipinski definition) is 2. The summed E-state index contributed by atoms with van der Waals surface area (Å²) in [7, 11) is 1.90. The molecule has 0 fully saturated rings. The fraction of sp³-hybridized carbons (Fsp3) is 0.438. The molecular formula is C16H22FN3. The lowest BCUT2D eigenvalue weighted by molar-refractivity contribution is 0.513. The van der Waals surface area contributed by atoms with Crippen LogP contribution in [0.1, 0.15) is 42.8 Å². The van der Waals surface area contributed by atoms with Gasteiger partial charge in [-0.25, -0.2) is 4.39 Å². The fourth-order valence-electron chi connectivity index (χ4n) is 2.34. The Bertz CT molecular complexity index is 575. The van der Waals surface area contributed by atoms with Crippen LogP contribution in [0, 0.1) is 12.7 Å². The van der Waals surface area contributed by atoms with Gasteiger partial charge in [-0.15, -0.1) is 0 Å². The maximum absolute atomic E-state index is 13.4. The normalized spacial score (nSPS) is 12.9. The van der Waals surface area contributed by atoms with Crippen molar-refractivity contribution in [3.63, 3.8) is 0 Å². The van der Waals surface area contributed by atoms with Gasteiger partial charge in [0.15, 0.2) is 0 Å². The minimum Gasteiger partial charge on any atom is -0.313 e. The largest absolute Gasteiger partial charge is 0.313 e. The molecule has 0 radical (unpaired) electrons. The van der Waals surface area contributed by atoms with Gasteiger partial charge in [-0.3, -0.25) is 4.68 Å². The molecular weight excluding hydrogens is 253 g/mol. The van der Waals surface area contributed by atoms with Crippen molar-refractivity contribution in [2.45, 2.75) is 39.3 Å². The Morgan fingerprint density at radius 3 is 2.65 bits per heavy atom. The molecule has 0 spiro atoms. The van der Waals surface area contributed by atoms with Gasteiger partial charge in [-0.2, -0.15) is 5.10 Å². The molecule has 20 heavy (non-hydrogen) atoms. The molecule has 2 aromatic rings. The third kappa shape index (κ3) is 3.25. The smallest absolute Gasteiger partial charge is 0.123 e. The molecule has 108 valence electrons. The van der Waals surface area contributed by atoms with E-state index in [2.05, 4.69) is 24.3 Å². The van der Waals surface area contributed by atoms with Gasteiger partial charge in [0, 0.05) is 24.7 Å². The molecule has 1 unspecified atom stereocenters. The second-order valence-corrected chi connectivity index (χ2v) is 5.43. The molecule has 1 heterocycles. The summed E-state index contributed by atoms with van der Waals surface area (Å²) in [4.78, 5) is 0. The van der Waals surface area contributed by atoms with E-state index in [0.717, 1.165) is 23.2 Å². The van der Waals surface area contributed by atoms with Crippen molar-refractivity contribution in [3.8, 4) is 0 Å². The highest BCUT2D eigenvalue weighted by molar-refractivity contribution is 5.30. The van der Waals surface area contributed by atoms with Crippen molar-refractivity contribution in [1.29, 1.82) is 0 Å². The lowest BCUT2D eigenvalue weighted by Gasteiger charge is -2.18. The number of benzene rings is 1. The Kier molecular flexibility index (Phi) is 4.55. The molecule has 0 aliphatic carbocycles. The van der Waals surface area contributed by atoms with E-state index in [4.69, 9.17) is 0 Å². The molecule has 4 heteroatoms. The number of halogens is 1. The third-order valence-corrected chi connectivity index (χ3v) is 3.57. The highest BCUT2D eigenvalue weighted by atomic mass is 19.1. The topological polar surface area (TPSA) is 29.9 Å². The molecule has 1 atom stereocenters. The number of hydrogen-bond donors (Lipinski definition) is 1. The standard InChI is InChI=1S/C16H22FN3/c1-11(2)20-8-7-14(19-20)10-16(18-4)15-9-13(17)6-5-12(15)3/h5-9,11,16,18H,10H2,1-4H3. The van der Waals surface area contributed by atoms with Gasteiger partial charge in [0.25, 0.3) is 0 Å². The Balaban J connectivity index is 2.21. The van der Waals surface area contributed by atoms with Gasteiger partial charge in [0.05, 0.1) is 5.69 Å². The Morgan fingerprint density at radius 1 is 1.30 bits per heavy atom. The highest BCUT2D eigenvalue weighted by Gasteiger charge is 2.15. The maximum Gasteiger partial charge on any atom is 0.123 e. The van der Waals surface area contributed by atoms with Gasteiger partial charge < -0.3 is 5.32 Å². The zero-order valence-electron chi connectivity index (χ0n) is 12.5. The molecule has 1 aromatic heterocycles. The summed E-state index contributed by atoms with van der Waals surface area (Å²) in [6, 6.07) is 7.38. The summed E-state index contributed by atoms with van der Waals surface area (Å²) in [6.07, 6.45) is 2.74. The van der Waals surface area contributed by atoms with Crippen molar-refractivity contribution in [2.75, 3.05) is 7.05 Å². The van der Waals surface area contributed by atoms with Crippen LogP contribution in [-0.4, -0.2) is 16.8 Å². The number of aryl methyl sites for hydroxylation is 1. The van der Waals surface area contributed by atoms with Crippen LogP contribution in [0.3, 0.4) is 0 Å². The summed E-state index contributed by atoms with van der Waals surface area (Å²) in [5.41, 5.74) is 3.10. The molecule has 0 saturated heterocycles. The van der Waals surface area contributed by atoms with Crippen molar-refractivity contribution in [2.24, 2.45) is 0 Å². The van der Waals surface area contributed by atoms with Gasteiger partial charge in [0.2, 0.25) is 0 Å². The lowest BCUT2D eigenvalue weighted by Crippen LogP contribution is -2.20. The predicted octanol–water partition coefficient (Wildman–Crippen LogP) is 3.41. The van der Waals surface area contributed by atoms with Gasteiger partial charge in [-0.05, 0) is 57.1 Å². The number of nitrogens with one attached hydrogen (secondary N) is 1. The minimum atomic E-state index is -0.196. The zero-order valence-corrected chi connectivity index (χ0v) is 12.5. The second-order valence-electron chi connectivity index (χ2n) is 5.43. The van der Waals surface area contributed by atoms with Crippen LogP contribution in [0.5, 0.6) is 0 Å². The van der Waals surface area contributed by atoms with Gasteiger partial charge in [0.1, 0.15) is 5.82 Å². The first-order valence-corrected chi connectivity index (χ1v) is 6.98. The number of rotatable bonds is 5. The lowest BCUT2D eigenvalue weighted by atomic mass is 9.97. The molecule has 0 bridgehead atoms. The molecule has 3 nitrogen and oxygen atoms in total. The Morgan fingerprint density at radius 2 is 2.05 bits per heavy atom. The molecule has 1 aromatic carbocycles. The summed E-state index contributed by atoms with van der Waals surface area (Å²) >= 11 is 0. The average Bonchev–Trinajstić information content (AvgIpc) is 2.88. The summed E-state index contributed by atoms with van der Waals surface area (Å²) in [5, 5.41) is 7.82. The molecule has 0 aliphatic rings. The van der Waals surface area contributed by atoms with Crippen LogP contribution < -0.4 is 5.32 Å². The first-order chi connectivity index (χ1) is 9.51. The van der Waals surface area contributed by atoms with Crippen LogP contribution in [0.2, 0.25) is 0 Å². The number of aromatic nitrogens is 2. The van der Waals surface area contributed by atoms with Crippen LogP contribution in [-0.2, 0) is 6.42 Å². The molecule has 2 rings (SSSR count). The SMILES string of the molecule is CNC(Cc1ccn(C(C)C)n1)c1cc(F)ccc1C. The van der Waals surface area contributed by atoms with Gasteiger partial charge >= 0.3 is 0 Å². The van der Waals surface area contributed by atoms with Crippen LogP contribution in [0.4, 0.5) is 4.39 Å². The van der Waals surface area contributed by atoms with E-state index in [9.17, 15) is 4.39 Å². The highest BCUT2D eigenvalue weighted by Crippen LogP contribution is 2.22. The van der Waals surface area contributed by atoms with Crippen LogP contribution in [0.15, 0.2) is 30.5 Å². The first-order valence-electron chi connectivity index (χ1n) is 6.98. The third-order valence-electron chi connectivity index (χ3n) is 3.57. The van der Waals surface area contributed by atoms with E-state index in [1.165, 1.54) is 6.07 Å². The van der Waals surface area contributed by atoms with E-state index >= 15 is 0 Å². The first kappa shape index (κ1) is 14.7. The van der Waals surface area contributed by atoms with Crippen LogP contribution in [0.25, 0.3) is 0 Å². The fourth-order valence-corrected chi connectivity index (χ4v) is 2.34. The summed E-state index contributed by atoms with van der Waals surface area (Å²) < 4.78 is 15.4. The predicted molar refractivity (Wildman–Crippen MR) is 79.3 cm³/mol. The Labute approximate surface area is 119 Å². The van der Waals surface area contributed by atoms with Crippen molar-refractivity contribution < 1.29 is 4.39 Å². The second kappa shape index (κ2) is 6.18. The molecule has 0 amide bonds. The monoisotopic (exact) mass is 275 g/mol. The summed E-state index contributed by atoms with van der Waals surface area (Å²) in [5.74, 6) is -0.196. The van der Waals surface area contributed by atoms with E-state index in [0.29, 0.717) is 6.04 Å². The average molecular weight is 275 g/mol. The number of likely N-dealkylation sites (N-methyl/N-ethyl adjacent to an activating group) is 1. The Hall–Kier alpha value is -1.68.